The van der Waals surface area contributed by atoms with Crippen LogP contribution in [0, 0.1) is 0 Å². The second-order valence-electron chi connectivity index (χ2n) is 4.24. The van der Waals surface area contributed by atoms with Crippen molar-refractivity contribution in [3.63, 3.8) is 0 Å². The molecule has 0 aliphatic heterocycles. The van der Waals surface area contributed by atoms with Crippen LogP contribution in [0.15, 0.2) is 35.0 Å². The van der Waals surface area contributed by atoms with Gasteiger partial charge in [0.05, 0.1) is 19.8 Å². The second-order valence-corrected chi connectivity index (χ2v) is 5.02. The molecule has 22 heavy (non-hydrogen) atoms. The van der Waals surface area contributed by atoms with Crippen LogP contribution in [0.25, 0.3) is 0 Å². The Bertz CT molecular complexity index is 632. The van der Waals surface area contributed by atoms with Gasteiger partial charge in [0.2, 0.25) is 0 Å². The van der Waals surface area contributed by atoms with Crippen molar-refractivity contribution in [3.8, 4) is 11.5 Å². The van der Waals surface area contributed by atoms with E-state index >= 15 is 0 Å². The molecule has 2 aromatic rings. The van der Waals surface area contributed by atoms with Crippen molar-refractivity contribution in [2.75, 3.05) is 26.1 Å². The van der Waals surface area contributed by atoms with Crippen LogP contribution in [-0.4, -0.2) is 32.7 Å². The number of carbonyl (C=O) groups excluding carboxylic acids is 2. The number of rotatable bonds is 6. The van der Waals surface area contributed by atoms with Crippen LogP contribution in [-0.2, 0) is 9.53 Å². The standard InChI is InChI=1S/C15H15NO5S/c1-19-12-5-11(6-13(7-12)20-2)16-14(17)8-21-15(18)10-3-4-22-9-10/h3-7,9H,8H2,1-2H3,(H,16,17). The van der Waals surface area contributed by atoms with E-state index in [4.69, 9.17) is 14.2 Å². The molecule has 1 aromatic carbocycles. The molecule has 2 rings (SSSR count). The summed E-state index contributed by atoms with van der Waals surface area (Å²) in [7, 11) is 3.03. The van der Waals surface area contributed by atoms with Crippen molar-refractivity contribution in [2.24, 2.45) is 0 Å². The Morgan fingerprint density at radius 3 is 2.36 bits per heavy atom. The predicted molar refractivity (Wildman–Crippen MR) is 82.8 cm³/mol. The van der Waals surface area contributed by atoms with E-state index in [0.29, 0.717) is 22.7 Å². The summed E-state index contributed by atoms with van der Waals surface area (Å²) < 4.78 is 15.1. The first kappa shape index (κ1) is 15.8. The van der Waals surface area contributed by atoms with Crippen molar-refractivity contribution in [2.45, 2.75) is 0 Å². The zero-order valence-corrected chi connectivity index (χ0v) is 12.9. The van der Waals surface area contributed by atoms with Gasteiger partial charge >= 0.3 is 5.97 Å². The SMILES string of the molecule is COc1cc(NC(=O)COC(=O)c2ccsc2)cc(OC)c1. The molecule has 0 saturated heterocycles. The maximum absolute atomic E-state index is 11.8. The van der Waals surface area contributed by atoms with E-state index in [1.165, 1.54) is 25.6 Å². The van der Waals surface area contributed by atoms with Crippen molar-refractivity contribution in [3.05, 3.63) is 40.6 Å². The molecule has 0 aliphatic rings. The quantitative estimate of drug-likeness (QED) is 0.828. The van der Waals surface area contributed by atoms with Crippen molar-refractivity contribution < 1.29 is 23.8 Å². The molecule has 0 atom stereocenters. The lowest BCUT2D eigenvalue weighted by molar-refractivity contribution is -0.119. The molecule has 1 amide bonds. The molecular weight excluding hydrogens is 306 g/mol. The molecule has 1 aromatic heterocycles. The third kappa shape index (κ3) is 4.23. The molecule has 1 N–H and O–H groups in total. The molecule has 0 radical (unpaired) electrons. The third-order valence-corrected chi connectivity index (χ3v) is 3.41. The van der Waals surface area contributed by atoms with E-state index in [2.05, 4.69) is 5.32 Å². The topological polar surface area (TPSA) is 73.9 Å². The monoisotopic (exact) mass is 321 g/mol. The van der Waals surface area contributed by atoms with Gasteiger partial charge in [-0.2, -0.15) is 11.3 Å². The van der Waals surface area contributed by atoms with Gasteiger partial charge in [0.15, 0.2) is 6.61 Å². The van der Waals surface area contributed by atoms with Gasteiger partial charge in [-0.25, -0.2) is 4.79 Å². The highest BCUT2D eigenvalue weighted by Crippen LogP contribution is 2.25. The van der Waals surface area contributed by atoms with E-state index in [1.807, 2.05) is 0 Å². The van der Waals surface area contributed by atoms with Crippen molar-refractivity contribution in [1.82, 2.24) is 0 Å². The van der Waals surface area contributed by atoms with Crippen molar-refractivity contribution in [1.29, 1.82) is 0 Å². The number of methoxy groups -OCH3 is 2. The smallest absolute Gasteiger partial charge is 0.339 e. The Kier molecular flexibility index (Phi) is 5.37. The number of benzene rings is 1. The average molecular weight is 321 g/mol. The second kappa shape index (κ2) is 7.46. The van der Waals surface area contributed by atoms with E-state index < -0.39 is 11.9 Å². The summed E-state index contributed by atoms with van der Waals surface area (Å²) in [6.07, 6.45) is 0. The number of carbonyl (C=O) groups is 2. The number of thiophene rings is 1. The number of anilines is 1. The van der Waals surface area contributed by atoms with Crippen LogP contribution >= 0.6 is 11.3 Å². The molecule has 7 heteroatoms. The predicted octanol–water partition coefficient (Wildman–Crippen LogP) is 2.56. The summed E-state index contributed by atoms with van der Waals surface area (Å²) in [5.41, 5.74) is 0.925. The van der Waals surface area contributed by atoms with Gasteiger partial charge in [-0.15, -0.1) is 0 Å². The fourth-order valence-corrected chi connectivity index (χ4v) is 2.30. The molecule has 116 valence electrons. The number of hydrogen-bond acceptors (Lipinski definition) is 6. The minimum Gasteiger partial charge on any atom is -0.497 e. The van der Waals surface area contributed by atoms with Crippen LogP contribution < -0.4 is 14.8 Å². The summed E-state index contributed by atoms with van der Waals surface area (Å²) in [6.45, 7) is -0.367. The summed E-state index contributed by atoms with van der Waals surface area (Å²) in [5.74, 6) is 0.119. The Balaban J connectivity index is 1.93. The summed E-state index contributed by atoms with van der Waals surface area (Å²) >= 11 is 1.38. The van der Waals surface area contributed by atoms with Crippen LogP contribution in [0.5, 0.6) is 11.5 Å². The Hall–Kier alpha value is -2.54. The Morgan fingerprint density at radius 2 is 1.82 bits per heavy atom. The summed E-state index contributed by atoms with van der Waals surface area (Å²) in [4.78, 5) is 23.4. The molecule has 0 bridgehead atoms. The normalized spacial score (nSPS) is 9.91. The number of amides is 1. The highest BCUT2D eigenvalue weighted by Gasteiger charge is 2.11. The molecule has 1 heterocycles. The van der Waals surface area contributed by atoms with Gasteiger partial charge in [0, 0.05) is 29.3 Å². The van der Waals surface area contributed by atoms with Crippen molar-refractivity contribution >= 4 is 28.9 Å². The van der Waals surface area contributed by atoms with Gasteiger partial charge < -0.3 is 19.5 Å². The molecule has 0 fully saturated rings. The fourth-order valence-electron chi connectivity index (χ4n) is 1.67. The number of nitrogens with one attached hydrogen (secondary N) is 1. The molecule has 0 unspecified atom stereocenters. The van der Waals surface area contributed by atoms with E-state index in [9.17, 15) is 9.59 Å². The minimum atomic E-state index is -0.528. The molecule has 6 nitrogen and oxygen atoms in total. The lowest BCUT2D eigenvalue weighted by atomic mass is 10.2. The van der Waals surface area contributed by atoms with E-state index in [0.717, 1.165) is 0 Å². The zero-order chi connectivity index (χ0) is 15.9. The fraction of sp³-hybridized carbons (Fsp3) is 0.200. The van der Waals surface area contributed by atoms with Gasteiger partial charge in [-0.1, -0.05) is 0 Å². The van der Waals surface area contributed by atoms with Crippen LogP contribution in [0.2, 0.25) is 0 Å². The molecule has 0 saturated carbocycles. The number of esters is 1. The first-order valence-corrected chi connectivity index (χ1v) is 7.29. The Labute approximate surface area is 131 Å². The molecular formula is C15H15NO5S. The van der Waals surface area contributed by atoms with Crippen LogP contribution in [0.4, 0.5) is 5.69 Å². The lowest BCUT2D eigenvalue weighted by Crippen LogP contribution is -2.20. The lowest BCUT2D eigenvalue weighted by Gasteiger charge is -2.10. The van der Waals surface area contributed by atoms with Crippen LogP contribution in [0.1, 0.15) is 10.4 Å². The molecule has 0 spiro atoms. The maximum Gasteiger partial charge on any atom is 0.339 e. The summed E-state index contributed by atoms with van der Waals surface area (Å²) in [6, 6.07) is 6.60. The highest BCUT2D eigenvalue weighted by molar-refractivity contribution is 7.08. The van der Waals surface area contributed by atoms with E-state index in [-0.39, 0.29) is 6.61 Å². The number of hydrogen-bond donors (Lipinski definition) is 1. The largest absolute Gasteiger partial charge is 0.497 e. The van der Waals surface area contributed by atoms with Crippen LogP contribution in [0.3, 0.4) is 0 Å². The average Bonchev–Trinajstić information content (AvgIpc) is 3.06. The van der Waals surface area contributed by atoms with Gasteiger partial charge in [0.25, 0.3) is 5.91 Å². The maximum atomic E-state index is 11.8. The minimum absolute atomic E-state index is 0.367. The zero-order valence-electron chi connectivity index (χ0n) is 12.1. The van der Waals surface area contributed by atoms with Gasteiger partial charge in [0.1, 0.15) is 11.5 Å². The van der Waals surface area contributed by atoms with Gasteiger partial charge in [-0.3, -0.25) is 4.79 Å². The van der Waals surface area contributed by atoms with Gasteiger partial charge in [-0.05, 0) is 11.4 Å². The van der Waals surface area contributed by atoms with E-state index in [1.54, 1.807) is 35.0 Å². The molecule has 0 aliphatic carbocycles. The number of ether oxygens (including phenoxy) is 3. The summed E-state index contributed by atoms with van der Waals surface area (Å²) in [5, 5.41) is 6.04. The highest BCUT2D eigenvalue weighted by atomic mass is 32.1. The first-order chi connectivity index (χ1) is 10.6. The Morgan fingerprint density at radius 1 is 1.14 bits per heavy atom. The first-order valence-electron chi connectivity index (χ1n) is 6.34. The third-order valence-electron chi connectivity index (χ3n) is 2.73.